The molecule has 2 aromatic rings. The molecule has 152 valence electrons. The molecule has 1 N–H and O–H groups in total. The first-order valence-electron chi connectivity index (χ1n) is 11.2. The zero-order valence-electron chi connectivity index (χ0n) is 17.7. The summed E-state index contributed by atoms with van der Waals surface area (Å²) in [6, 6.07) is 7.37. The van der Waals surface area contributed by atoms with Crippen molar-refractivity contribution in [1.82, 2.24) is 14.9 Å². The van der Waals surface area contributed by atoms with Gasteiger partial charge in [0, 0.05) is 18.0 Å². The number of benzene rings is 1. The lowest BCUT2D eigenvalue weighted by atomic mass is 9.76. The normalized spacial score (nSPS) is 28.6. The third-order valence-electron chi connectivity index (χ3n) is 7.25. The second-order valence-corrected chi connectivity index (χ2v) is 9.51. The van der Waals surface area contributed by atoms with Gasteiger partial charge in [-0.1, -0.05) is 19.9 Å². The average molecular weight is 382 g/mol. The number of rotatable bonds is 4. The molecule has 28 heavy (non-hydrogen) atoms. The van der Waals surface area contributed by atoms with Crippen LogP contribution in [0.15, 0.2) is 24.5 Å². The number of imidazole rings is 1. The Labute approximate surface area is 169 Å². The molecular weight excluding hydrogens is 346 g/mol. The number of carbonyl (C=O) groups is 1. The van der Waals surface area contributed by atoms with Crippen LogP contribution in [0.3, 0.4) is 0 Å². The maximum Gasteiger partial charge on any atom is 0.223 e. The fraction of sp³-hybridized carbons (Fsp3) is 0.667. The first kappa shape index (κ1) is 19.5. The summed E-state index contributed by atoms with van der Waals surface area (Å²) in [5.74, 6) is 2.12. The number of fused-ring (bicyclic) bond motifs is 1. The summed E-state index contributed by atoms with van der Waals surface area (Å²) in [4.78, 5) is 17.3. The third-order valence-corrected chi connectivity index (χ3v) is 7.25. The summed E-state index contributed by atoms with van der Waals surface area (Å²) in [5, 5.41) is 3.38. The highest BCUT2D eigenvalue weighted by molar-refractivity contribution is 5.79. The van der Waals surface area contributed by atoms with E-state index in [-0.39, 0.29) is 5.92 Å². The highest BCUT2D eigenvalue weighted by Gasteiger charge is 2.30. The van der Waals surface area contributed by atoms with E-state index >= 15 is 0 Å². The SMILES string of the molecule is Cc1ccc2c(c1)ncn2C1CCC(NC(=O)C2CCC(C(C)C)CC2)CC1. The average Bonchev–Trinajstić information content (AvgIpc) is 3.11. The van der Waals surface area contributed by atoms with Crippen LogP contribution >= 0.6 is 0 Å². The van der Waals surface area contributed by atoms with Crippen LogP contribution in [-0.4, -0.2) is 21.5 Å². The minimum absolute atomic E-state index is 0.244. The number of aryl methyl sites for hydroxylation is 1. The van der Waals surface area contributed by atoms with Gasteiger partial charge in [-0.25, -0.2) is 4.98 Å². The highest BCUT2D eigenvalue weighted by Crippen LogP contribution is 2.35. The van der Waals surface area contributed by atoms with Crippen molar-refractivity contribution < 1.29 is 4.79 Å². The number of nitrogens with zero attached hydrogens (tertiary/aromatic N) is 2. The number of hydrogen-bond acceptors (Lipinski definition) is 2. The van der Waals surface area contributed by atoms with Crippen molar-refractivity contribution >= 4 is 16.9 Å². The van der Waals surface area contributed by atoms with E-state index in [0.717, 1.165) is 55.9 Å². The van der Waals surface area contributed by atoms with Crippen LogP contribution in [0.2, 0.25) is 0 Å². The third kappa shape index (κ3) is 4.11. The molecule has 4 rings (SSSR count). The van der Waals surface area contributed by atoms with E-state index in [0.29, 0.717) is 18.0 Å². The van der Waals surface area contributed by atoms with Crippen molar-refractivity contribution in [1.29, 1.82) is 0 Å². The maximum absolute atomic E-state index is 12.7. The maximum atomic E-state index is 12.7. The van der Waals surface area contributed by atoms with Gasteiger partial charge < -0.3 is 9.88 Å². The van der Waals surface area contributed by atoms with E-state index in [1.807, 2.05) is 6.33 Å². The van der Waals surface area contributed by atoms with Crippen molar-refractivity contribution in [3.63, 3.8) is 0 Å². The lowest BCUT2D eigenvalue weighted by molar-refractivity contribution is -0.127. The topological polar surface area (TPSA) is 46.9 Å². The van der Waals surface area contributed by atoms with Crippen molar-refractivity contribution in [2.45, 2.75) is 84.2 Å². The molecule has 0 atom stereocenters. The van der Waals surface area contributed by atoms with Gasteiger partial charge in [-0.3, -0.25) is 4.79 Å². The zero-order chi connectivity index (χ0) is 19.7. The number of aromatic nitrogens is 2. The molecule has 0 unspecified atom stereocenters. The van der Waals surface area contributed by atoms with Gasteiger partial charge in [0.25, 0.3) is 0 Å². The van der Waals surface area contributed by atoms with Gasteiger partial charge in [0.15, 0.2) is 0 Å². The van der Waals surface area contributed by atoms with Crippen LogP contribution in [0.1, 0.15) is 76.8 Å². The summed E-state index contributed by atoms with van der Waals surface area (Å²) in [6.07, 6.45) is 11.0. The van der Waals surface area contributed by atoms with Gasteiger partial charge in [0.2, 0.25) is 5.91 Å². The fourth-order valence-electron chi connectivity index (χ4n) is 5.30. The van der Waals surface area contributed by atoms with Gasteiger partial charge in [-0.2, -0.15) is 0 Å². The summed E-state index contributed by atoms with van der Waals surface area (Å²) >= 11 is 0. The standard InChI is InChI=1S/C24H35N3O/c1-16(2)18-5-7-19(8-6-18)24(28)26-20-9-11-21(12-10-20)27-15-25-22-14-17(3)4-13-23(22)27/h4,13-16,18-21H,5-12H2,1-3H3,(H,26,28). The summed E-state index contributed by atoms with van der Waals surface area (Å²) in [7, 11) is 0. The minimum atomic E-state index is 0.244. The van der Waals surface area contributed by atoms with Crippen molar-refractivity contribution in [2.24, 2.45) is 17.8 Å². The molecule has 0 radical (unpaired) electrons. The Hall–Kier alpha value is -1.84. The monoisotopic (exact) mass is 381 g/mol. The first-order valence-corrected chi connectivity index (χ1v) is 11.2. The second kappa shape index (κ2) is 8.26. The Kier molecular flexibility index (Phi) is 5.75. The zero-order valence-corrected chi connectivity index (χ0v) is 17.7. The Morgan fingerprint density at radius 1 is 1.07 bits per heavy atom. The number of carbonyl (C=O) groups excluding carboxylic acids is 1. The van der Waals surface area contributed by atoms with Crippen LogP contribution in [0, 0.1) is 24.7 Å². The molecular formula is C24H35N3O. The lowest BCUT2D eigenvalue weighted by Crippen LogP contribution is -2.42. The molecule has 4 nitrogen and oxygen atoms in total. The predicted molar refractivity (Wildman–Crippen MR) is 114 cm³/mol. The molecule has 1 amide bonds. The van der Waals surface area contributed by atoms with Gasteiger partial charge in [0.05, 0.1) is 17.4 Å². The molecule has 4 heteroatoms. The van der Waals surface area contributed by atoms with Gasteiger partial charge in [-0.05, 0) is 87.8 Å². The summed E-state index contributed by atoms with van der Waals surface area (Å²) in [5.41, 5.74) is 3.58. The first-order chi connectivity index (χ1) is 13.5. The van der Waals surface area contributed by atoms with Crippen LogP contribution in [0.4, 0.5) is 0 Å². The molecule has 0 aliphatic heterocycles. The molecule has 2 fully saturated rings. The Balaban J connectivity index is 1.29. The van der Waals surface area contributed by atoms with Crippen LogP contribution in [0.5, 0.6) is 0 Å². The molecule has 1 aromatic carbocycles. The molecule has 2 aliphatic carbocycles. The van der Waals surface area contributed by atoms with E-state index < -0.39 is 0 Å². The van der Waals surface area contributed by atoms with E-state index in [9.17, 15) is 4.79 Å². The predicted octanol–water partition coefficient (Wildman–Crippen LogP) is 5.41. The van der Waals surface area contributed by atoms with Crippen LogP contribution in [0.25, 0.3) is 11.0 Å². The molecule has 0 spiro atoms. The smallest absolute Gasteiger partial charge is 0.223 e. The van der Waals surface area contributed by atoms with Crippen molar-refractivity contribution in [2.75, 3.05) is 0 Å². The Morgan fingerprint density at radius 2 is 1.79 bits per heavy atom. The molecule has 1 aromatic heterocycles. The molecule has 2 aliphatic rings. The number of amides is 1. The second-order valence-electron chi connectivity index (χ2n) is 9.51. The summed E-state index contributed by atoms with van der Waals surface area (Å²) < 4.78 is 2.35. The van der Waals surface area contributed by atoms with Crippen molar-refractivity contribution in [3.8, 4) is 0 Å². The van der Waals surface area contributed by atoms with E-state index in [4.69, 9.17) is 0 Å². The molecule has 1 heterocycles. The van der Waals surface area contributed by atoms with Crippen LogP contribution < -0.4 is 5.32 Å². The van der Waals surface area contributed by atoms with E-state index in [1.165, 1.54) is 23.9 Å². The Morgan fingerprint density at radius 3 is 2.46 bits per heavy atom. The van der Waals surface area contributed by atoms with Gasteiger partial charge >= 0.3 is 0 Å². The number of hydrogen-bond donors (Lipinski definition) is 1. The molecule has 0 bridgehead atoms. The molecule has 0 saturated heterocycles. The highest BCUT2D eigenvalue weighted by atomic mass is 16.1. The van der Waals surface area contributed by atoms with Crippen molar-refractivity contribution in [3.05, 3.63) is 30.1 Å². The van der Waals surface area contributed by atoms with E-state index in [1.54, 1.807) is 0 Å². The number of nitrogens with one attached hydrogen (secondary N) is 1. The van der Waals surface area contributed by atoms with Gasteiger partial charge in [0.1, 0.15) is 0 Å². The lowest BCUT2D eigenvalue weighted by Gasteiger charge is -2.33. The summed E-state index contributed by atoms with van der Waals surface area (Å²) in [6.45, 7) is 6.74. The Bertz CT molecular complexity index is 808. The fourth-order valence-corrected chi connectivity index (χ4v) is 5.30. The quantitative estimate of drug-likeness (QED) is 0.770. The van der Waals surface area contributed by atoms with Gasteiger partial charge in [-0.15, -0.1) is 0 Å². The molecule has 2 saturated carbocycles. The largest absolute Gasteiger partial charge is 0.353 e. The van der Waals surface area contributed by atoms with Crippen LogP contribution in [-0.2, 0) is 4.79 Å². The minimum Gasteiger partial charge on any atom is -0.353 e. The van der Waals surface area contributed by atoms with E-state index in [2.05, 4.69) is 53.8 Å².